The van der Waals surface area contributed by atoms with Gasteiger partial charge in [-0.25, -0.2) is 4.99 Å². The number of ether oxygens (including phenoxy) is 1. The van der Waals surface area contributed by atoms with Crippen LogP contribution in [-0.4, -0.2) is 17.9 Å². The Labute approximate surface area is 105 Å². The molecule has 0 amide bonds. The summed E-state index contributed by atoms with van der Waals surface area (Å²) in [5.41, 5.74) is 10.9. The van der Waals surface area contributed by atoms with Gasteiger partial charge in [0.25, 0.3) is 0 Å². The maximum absolute atomic E-state index is 5.65. The summed E-state index contributed by atoms with van der Waals surface area (Å²) in [5, 5.41) is 1.93. The van der Waals surface area contributed by atoms with Gasteiger partial charge in [-0.2, -0.15) is 4.98 Å². The van der Waals surface area contributed by atoms with Crippen LogP contribution >= 0.6 is 0 Å². The second-order valence-electron chi connectivity index (χ2n) is 3.61. The summed E-state index contributed by atoms with van der Waals surface area (Å²) in [6.07, 6.45) is 2.83. The van der Waals surface area contributed by atoms with Crippen molar-refractivity contribution in [2.75, 3.05) is 7.11 Å². The highest BCUT2D eigenvalue weighted by molar-refractivity contribution is 5.94. The summed E-state index contributed by atoms with van der Waals surface area (Å²) < 4.78 is 5.25. The van der Waals surface area contributed by atoms with Crippen molar-refractivity contribution in [3.8, 4) is 5.88 Å². The first kappa shape index (κ1) is 11.9. The topological polar surface area (TPSA) is 86.5 Å². The number of aliphatic imine (C=N–C) groups is 1. The van der Waals surface area contributed by atoms with Crippen molar-refractivity contribution in [2.45, 2.75) is 0 Å². The van der Waals surface area contributed by atoms with Crippen LogP contribution in [0.25, 0.3) is 10.8 Å². The van der Waals surface area contributed by atoms with Gasteiger partial charge in [-0.1, -0.05) is 18.2 Å². The minimum absolute atomic E-state index is 0.294. The van der Waals surface area contributed by atoms with E-state index in [1.807, 2.05) is 30.3 Å². The zero-order valence-electron chi connectivity index (χ0n) is 10.00. The van der Waals surface area contributed by atoms with Gasteiger partial charge >= 0.3 is 0 Å². The molecule has 1 aromatic carbocycles. The second kappa shape index (κ2) is 5.18. The Morgan fingerprint density at radius 2 is 2.17 bits per heavy atom. The zero-order chi connectivity index (χ0) is 13.0. The van der Waals surface area contributed by atoms with E-state index in [0.717, 1.165) is 10.8 Å². The Bertz CT molecular complexity index is 619. The summed E-state index contributed by atoms with van der Waals surface area (Å²) in [4.78, 5) is 8.42. The predicted octanol–water partition coefficient (Wildman–Crippen LogP) is 1.70. The molecule has 1 heterocycles. The summed E-state index contributed by atoms with van der Waals surface area (Å²) in [7, 11) is 1.57. The van der Waals surface area contributed by atoms with Crippen molar-refractivity contribution in [3.63, 3.8) is 0 Å². The van der Waals surface area contributed by atoms with Crippen LogP contribution in [0.3, 0.4) is 0 Å². The molecule has 0 radical (unpaired) electrons. The van der Waals surface area contributed by atoms with Crippen molar-refractivity contribution in [1.29, 1.82) is 0 Å². The van der Waals surface area contributed by atoms with E-state index in [-0.39, 0.29) is 0 Å². The smallest absolute Gasteiger partial charge is 0.223 e. The number of fused-ring (bicyclic) bond motifs is 1. The molecule has 2 aromatic rings. The molecule has 0 saturated heterocycles. The van der Waals surface area contributed by atoms with E-state index in [2.05, 4.69) is 9.98 Å². The lowest BCUT2D eigenvalue weighted by atomic mass is 10.1. The molecule has 5 heteroatoms. The van der Waals surface area contributed by atoms with E-state index in [1.54, 1.807) is 7.11 Å². The molecule has 18 heavy (non-hydrogen) atoms. The lowest BCUT2D eigenvalue weighted by molar-refractivity contribution is 0.404. The van der Waals surface area contributed by atoms with Gasteiger partial charge in [0.1, 0.15) is 5.84 Å². The average molecular weight is 242 g/mol. The van der Waals surface area contributed by atoms with Crippen LogP contribution in [0, 0.1) is 0 Å². The Hall–Kier alpha value is -2.56. The molecular formula is C13H14N4O. The molecule has 2 rings (SSSR count). The molecule has 92 valence electrons. The van der Waals surface area contributed by atoms with Crippen LogP contribution in [0.1, 0.15) is 0 Å². The van der Waals surface area contributed by atoms with Crippen molar-refractivity contribution < 1.29 is 4.74 Å². The third kappa shape index (κ3) is 2.40. The number of amidine groups is 1. The van der Waals surface area contributed by atoms with Crippen LogP contribution < -0.4 is 16.2 Å². The lowest BCUT2D eigenvalue weighted by Crippen LogP contribution is -2.07. The molecule has 0 fully saturated rings. The summed E-state index contributed by atoms with van der Waals surface area (Å²) in [5.74, 6) is 1.31. The molecule has 1 aromatic heterocycles. The zero-order valence-corrected chi connectivity index (χ0v) is 10.00. The number of methoxy groups -OCH3 is 1. The lowest BCUT2D eigenvalue weighted by Gasteiger charge is -2.05. The van der Waals surface area contributed by atoms with Gasteiger partial charge in [-0.05, 0) is 29.8 Å². The van der Waals surface area contributed by atoms with Gasteiger partial charge in [0.05, 0.1) is 7.11 Å². The summed E-state index contributed by atoms with van der Waals surface area (Å²) in [6, 6.07) is 9.62. The van der Waals surface area contributed by atoms with Crippen LogP contribution in [0.2, 0.25) is 0 Å². The maximum atomic E-state index is 5.65. The van der Waals surface area contributed by atoms with E-state index < -0.39 is 0 Å². The van der Waals surface area contributed by atoms with Crippen LogP contribution in [0.15, 0.2) is 47.6 Å². The van der Waals surface area contributed by atoms with E-state index in [1.165, 1.54) is 12.3 Å². The molecule has 0 aliphatic carbocycles. The van der Waals surface area contributed by atoms with E-state index in [4.69, 9.17) is 16.2 Å². The molecule has 5 nitrogen and oxygen atoms in total. The molecule has 0 unspecified atom stereocenters. The monoisotopic (exact) mass is 242 g/mol. The van der Waals surface area contributed by atoms with E-state index in [0.29, 0.717) is 17.5 Å². The van der Waals surface area contributed by atoms with Gasteiger partial charge in [0.2, 0.25) is 5.88 Å². The van der Waals surface area contributed by atoms with Crippen LogP contribution in [0.5, 0.6) is 5.88 Å². The minimum atomic E-state index is 0.294. The highest BCUT2D eigenvalue weighted by Crippen LogP contribution is 2.27. The molecule has 4 N–H and O–H groups in total. The molecule has 0 spiro atoms. The quantitative estimate of drug-likeness (QED) is 0.633. The van der Waals surface area contributed by atoms with Gasteiger partial charge in [0.15, 0.2) is 5.82 Å². The van der Waals surface area contributed by atoms with Gasteiger partial charge in [-0.15, -0.1) is 0 Å². The number of aromatic nitrogens is 1. The first-order chi connectivity index (χ1) is 8.74. The Balaban J connectivity index is 2.57. The Morgan fingerprint density at radius 1 is 1.39 bits per heavy atom. The highest BCUT2D eigenvalue weighted by atomic mass is 16.5. The maximum Gasteiger partial charge on any atom is 0.223 e. The number of hydrogen-bond donors (Lipinski definition) is 2. The normalized spacial score (nSPS) is 12.2. The second-order valence-corrected chi connectivity index (χ2v) is 3.61. The Morgan fingerprint density at radius 3 is 2.89 bits per heavy atom. The predicted molar refractivity (Wildman–Crippen MR) is 72.9 cm³/mol. The van der Waals surface area contributed by atoms with Gasteiger partial charge in [0, 0.05) is 5.39 Å². The van der Waals surface area contributed by atoms with E-state index >= 15 is 0 Å². The summed E-state index contributed by atoms with van der Waals surface area (Å²) >= 11 is 0. The molecule has 0 aliphatic rings. The van der Waals surface area contributed by atoms with Gasteiger partial charge < -0.3 is 16.2 Å². The Kier molecular flexibility index (Phi) is 3.43. The number of benzene rings is 1. The fraction of sp³-hybridized carbons (Fsp3) is 0.0769. The number of nitrogens with two attached hydrogens (primary N) is 2. The van der Waals surface area contributed by atoms with Crippen molar-refractivity contribution in [2.24, 2.45) is 16.5 Å². The van der Waals surface area contributed by atoms with Crippen molar-refractivity contribution in [1.82, 2.24) is 4.98 Å². The minimum Gasteiger partial charge on any atom is -0.480 e. The van der Waals surface area contributed by atoms with Crippen LogP contribution in [0.4, 0.5) is 5.82 Å². The standard InChI is InChI=1S/C13H14N4O/c1-18-13-10-5-3-2-4-9(10)8-12(17-13)16-11(15)6-7-14/h2-8H,14H2,1H3,(H2,15,16,17)/b7-6-. The fourth-order valence-corrected chi connectivity index (χ4v) is 1.63. The van der Waals surface area contributed by atoms with Crippen molar-refractivity contribution in [3.05, 3.63) is 42.6 Å². The molecule has 0 aliphatic heterocycles. The molecular weight excluding hydrogens is 228 g/mol. The highest BCUT2D eigenvalue weighted by Gasteiger charge is 2.05. The van der Waals surface area contributed by atoms with E-state index in [9.17, 15) is 0 Å². The number of pyridine rings is 1. The third-order valence-electron chi connectivity index (χ3n) is 2.40. The van der Waals surface area contributed by atoms with Gasteiger partial charge in [-0.3, -0.25) is 0 Å². The third-order valence-corrected chi connectivity index (χ3v) is 2.40. The summed E-state index contributed by atoms with van der Waals surface area (Å²) in [6.45, 7) is 0. The number of nitrogens with zero attached hydrogens (tertiary/aromatic N) is 2. The molecule has 0 saturated carbocycles. The van der Waals surface area contributed by atoms with Crippen LogP contribution in [-0.2, 0) is 0 Å². The SMILES string of the molecule is COc1nc(/N=C(N)\C=C/N)cc2ccccc12. The first-order valence-electron chi connectivity index (χ1n) is 5.41. The largest absolute Gasteiger partial charge is 0.480 e. The average Bonchev–Trinajstić information content (AvgIpc) is 2.38. The molecule has 0 atom stereocenters. The van der Waals surface area contributed by atoms with Crippen molar-refractivity contribution >= 4 is 22.4 Å². The number of hydrogen-bond acceptors (Lipinski definition) is 4. The molecule has 0 bridgehead atoms. The first-order valence-corrected chi connectivity index (χ1v) is 5.41. The number of rotatable bonds is 3. The fourth-order valence-electron chi connectivity index (χ4n) is 1.63.